The maximum atomic E-state index is 4.49. The van der Waals surface area contributed by atoms with Crippen molar-refractivity contribution in [2.75, 3.05) is 0 Å². The molecule has 0 bridgehead atoms. The van der Waals surface area contributed by atoms with Gasteiger partial charge in [-0.1, -0.05) is 0 Å². The van der Waals surface area contributed by atoms with Gasteiger partial charge < -0.3 is 4.98 Å². The first-order chi connectivity index (χ1) is 5.27. The lowest BCUT2D eigenvalue weighted by atomic mass is 10.0. The first kappa shape index (κ1) is 6.65. The van der Waals surface area contributed by atoms with Gasteiger partial charge in [-0.2, -0.15) is 0 Å². The number of aromatic nitrogens is 1. The predicted octanol–water partition coefficient (Wildman–Crippen LogP) is 1.77. The van der Waals surface area contributed by atoms with Crippen LogP contribution in [0.2, 0.25) is 0 Å². The monoisotopic (exact) mass is 148 g/mol. The summed E-state index contributed by atoms with van der Waals surface area (Å²) in [4.78, 5) is 7.73. The van der Waals surface area contributed by atoms with E-state index in [2.05, 4.69) is 29.9 Å². The maximum absolute atomic E-state index is 4.49. The third kappa shape index (κ3) is 0.985. The lowest BCUT2D eigenvalue weighted by Crippen LogP contribution is -2.15. The van der Waals surface area contributed by atoms with Crippen molar-refractivity contribution in [2.45, 2.75) is 26.3 Å². The van der Waals surface area contributed by atoms with Crippen molar-refractivity contribution >= 4 is 5.71 Å². The molecule has 2 heterocycles. The summed E-state index contributed by atoms with van der Waals surface area (Å²) < 4.78 is 0. The number of hydrogen-bond donors (Lipinski definition) is 1. The number of fused-ring (bicyclic) bond motifs is 1. The Kier molecular flexibility index (Phi) is 1.34. The average Bonchev–Trinajstić information content (AvgIpc) is 2.34. The first-order valence-corrected chi connectivity index (χ1v) is 3.98. The molecule has 1 aliphatic heterocycles. The molecule has 0 aromatic carbocycles. The quantitative estimate of drug-likeness (QED) is 0.581. The normalized spacial score (nSPS) is 22.7. The van der Waals surface area contributed by atoms with Crippen LogP contribution in [0.3, 0.4) is 0 Å². The molecule has 2 heteroatoms. The van der Waals surface area contributed by atoms with Crippen molar-refractivity contribution < 1.29 is 0 Å². The van der Waals surface area contributed by atoms with E-state index in [9.17, 15) is 0 Å². The van der Waals surface area contributed by atoms with Crippen molar-refractivity contribution in [3.05, 3.63) is 23.5 Å². The van der Waals surface area contributed by atoms with Gasteiger partial charge in [0.2, 0.25) is 0 Å². The molecule has 1 unspecified atom stereocenters. The van der Waals surface area contributed by atoms with E-state index in [1.165, 1.54) is 17.0 Å². The van der Waals surface area contributed by atoms with Crippen LogP contribution in [0.5, 0.6) is 0 Å². The molecule has 1 N–H and O–H groups in total. The third-order valence-corrected chi connectivity index (χ3v) is 2.14. The van der Waals surface area contributed by atoms with Crippen LogP contribution in [-0.2, 0) is 6.42 Å². The van der Waals surface area contributed by atoms with Gasteiger partial charge in [0.05, 0.1) is 6.04 Å². The summed E-state index contributed by atoms with van der Waals surface area (Å²) >= 11 is 0. The van der Waals surface area contributed by atoms with E-state index < -0.39 is 0 Å². The standard InChI is InChI=1S/C9H12N2/c1-6-5-9-8(3-4-10-9)7(2)11-6/h3-4,6,10H,5H2,1-2H3. The van der Waals surface area contributed by atoms with Crippen molar-refractivity contribution in [2.24, 2.45) is 4.99 Å². The third-order valence-electron chi connectivity index (χ3n) is 2.14. The first-order valence-electron chi connectivity index (χ1n) is 3.98. The van der Waals surface area contributed by atoms with Crippen LogP contribution in [0.1, 0.15) is 25.1 Å². The zero-order valence-corrected chi connectivity index (χ0v) is 6.89. The molecule has 58 valence electrons. The summed E-state index contributed by atoms with van der Waals surface area (Å²) in [6.45, 7) is 4.22. The highest BCUT2D eigenvalue weighted by atomic mass is 14.8. The molecule has 1 aromatic rings. The molecule has 0 radical (unpaired) electrons. The second-order valence-electron chi connectivity index (χ2n) is 3.14. The van der Waals surface area contributed by atoms with Crippen LogP contribution in [0, 0.1) is 0 Å². The molecule has 0 spiro atoms. The van der Waals surface area contributed by atoms with Crippen LogP contribution < -0.4 is 0 Å². The van der Waals surface area contributed by atoms with E-state index in [0.29, 0.717) is 6.04 Å². The Hall–Kier alpha value is -1.05. The Labute approximate surface area is 66.4 Å². The fraction of sp³-hybridized carbons (Fsp3) is 0.444. The molecule has 1 aromatic heterocycles. The Balaban J connectivity index is 2.50. The van der Waals surface area contributed by atoms with Gasteiger partial charge in [-0.15, -0.1) is 0 Å². The molecule has 0 saturated heterocycles. The van der Waals surface area contributed by atoms with Crippen molar-refractivity contribution in [3.63, 3.8) is 0 Å². The molecular formula is C9H12N2. The van der Waals surface area contributed by atoms with Gasteiger partial charge in [0.25, 0.3) is 0 Å². The van der Waals surface area contributed by atoms with Crippen LogP contribution in [0.15, 0.2) is 17.3 Å². The summed E-state index contributed by atoms with van der Waals surface area (Å²) in [6.07, 6.45) is 3.04. The van der Waals surface area contributed by atoms with Crippen LogP contribution >= 0.6 is 0 Å². The molecule has 0 amide bonds. The number of hydrogen-bond acceptors (Lipinski definition) is 1. The molecule has 0 fully saturated rings. The largest absolute Gasteiger partial charge is 0.364 e. The molecule has 11 heavy (non-hydrogen) atoms. The Morgan fingerprint density at radius 1 is 1.64 bits per heavy atom. The van der Waals surface area contributed by atoms with E-state index in [1.54, 1.807) is 0 Å². The fourth-order valence-corrected chi connectivity index (χ4v) is 1.65. The van der Waals surface area contributed by atoms with Gasteiger partial charge in [-0.3, -0.25) is 4.99 Å². The summed E-state index contributed by atoms with van der Waals surface area (Å²) in [6, 6.07) is 2.54. The van der Waals surface area contributed by atoms with E-state index in [1.807, 2.05) is 6.20 Å². The van der Waals surface area contributed by atoms with Gasteiger partial charge in [0, 0.05) is 29.6 Å². The van der Waals surface area contributed by atoms with Crippen LogP contribution in [-0.4, -0.2) is 16.7 Å². The highest BCUT2D eigenvalue weighted by Gasteiger charge is 2.15. The minimum Gasteiger partial charge on any atom is -0.364 e. The van der Waals surface area contributed by atoms with Crippen LogP contribution in [0.4, 0.5) is 0 Å². The Bertz CT molecular complexity index is 296. The van der Waals surface area contributed by atoms with Gasteiger partial charge in [0.15, 0.2) is 0 Å². The van der Waals surface area contributed by atoms with Crippen LogP contribution in [0.25, 0.3) is 0 Å². The van der Waals surface area contributed by atoms with E-state index in [4.69, 9.17) is 0 Å². The number of nitrogens with zero attached hydrogens (tertiary/aromatic N) is 1. The fourth-order valence-electron chi connectivity index (χ4n) is 1.65. The number of H-pyrrole nitrogens is 1. The lowest BCUT2D eigenvalue weighted by Gasteiger charge is -2.14. The smallest absolute Gasteiger partial charge is 0.0529 e. The van der Waals surface area contributed by atoms with Crippen molar-refractivity contribution in [3.8, 4) is 0 Å². The predicted molar refractivity (Wildman–Crippen MR) is 46.2 cm³/mol. The topological polar surface area (TPSA) is 28.1 Å². The summed E-state index contributed by atoms with van der Waals surface area (Å²) in [7, 11) is 0. The molecular weight excluding hydrogens is 136 g/mol. The molecule has 2 rings (SSSR count). The zero-order valence-electron chi connectivity index (χ0n) is 6.89. The molecule has 1 atom stereocenters. The Morgan fingerprint density at radius 3 is 3.27 bits per heavy atom. The second-order valence-corrected chi connectivity index (χ2v) is 3.14. The minimum atomic E-state index is 0.446. The molecule has 2 nitrogen and oxygen atoms in total. The second kappa shape index (κ2) is 2.22. The lowest BCUT2D eigenvalue weighted by molar-refractivity contribution is 0.714. The van der Waals surface area contributed by atoms with Gasteiger partial charge >= 0.3 is 0 Å². The highest BCUT2D eigenvalue weighted by Crippen LogP contribution is 2.17. The van der Waals surface area contributed by atoms with Gasteiger partial charge in [0.1, 0.15) is 0 Å². The van der Waals surface area contributed by atoms with Gasteiger partial charge in [-0.25, -0.2) is 0 Å². The van der Waals surface area contributed by atoms with E-state index in [0.717, 1.165) is 6.42 Å². The van der Waals surface area contributed by atoms with E-state index >= 15 is 0 Å². The molecule has 0 saturated carbocycles. The maximum Gasteiger partial charge on any atom is 0.0529 e. The number of nitrogens with one attached hydrogen (secondary N) is 1. The zero-order chi connectivity index (χ0) is 7.84. The average molecular weight is 148 g/mol. The summed E-state index contributed by atoms with van der Waals surface area (Å²) in [5.74, 6) is 0. The SMILES string of the molecule is CC1=NC(C)Cc2[nH]ccc21. The summed E-state index contributed by atoms with van der Waals surface area (Å²) in [5, 5.41) is 0. The minimum absolute atomic E-state index is 0.446. The number of rotatable bonds is 0. The summed E-state index contributed by atoms with van der Waals surface area (Å²) in [5.41, 5.74) is 3.80. The Morgan fingerprint density at radius 2 is 2.45 bits per heavy atom. The van der Waals surface area contributed by atoms with Gasteiger partial charge in [-0.05, 0) is 19.9 Å². The van der Waals surface area contributed by atoms with Crippen molar-refractivity contribution in [1.29, 1.82) is 0 Å². The number of aromatic amines is 1. The molecule has 0 aliphatic carbocycles. The van der Waals surface area contributed by atoms with Crippen molar-refractivity contribution in [1.82, 2.24) is 4.98 Å². The van der Waals surface area contributed by atoms with E-state index in [-0.39, 0.29) is 0 Å². The number of aliphatic imine (C=N–C) groups is 1. The molecule has 1 aliphatic rings. The highest BCUT2D eigenvalue weighted by molar-refractivity contribution is 6.00.